The second-order valence-electron chi connectivity index (χ2n) is 5.10. The summed E-state index contributed by atoms with van der Waals surface area (Å²) >= 11 is 5.76. The van der Waals surface area contributed by atoms with E-state index in [9.17, 15) is 13.2 Å². The highest BCUT2D eigenvalue weighted by molar-refractivity contribution is 6.29. The van der Waals surface area contributed by atoms with Gasteiger partial charge in [0.1, 0.15) is 17.3 Å². The molecule has 3 rings (SSSR count). The topological polar surface area (TPSA) is 43.1 Å². The Hall–Kier alpha value is -1.37. The molecule has 1 aliphatic rings. The van der Waals surface area contributed by atoms with Gasteiger partial charge < -0.3 is 0 Å². The minimum absolute atomic E-state index is 0.0624. The standard InChI is InChI=1S/C12H12ClF3N4/c13-9-5-10-18-19-11(20(10)6-17-9)7-2-1-3-8(4-7)12(14,15)16/h5-8H,1-4H2. The number of aromatic nitrogens is 4. The highest BCUT2D eigenvalue weighted by atomic mass is 35.5. The van der Waals surface area contributed by atoms with Gasteiger partial charge in [0.2, 0.25) is 0 Å². The van der Waals surface area contributed by atoms with E-state index in [0.29, 0.717) is 24.3 Å². The van der Waals surface area contributed by atoms with Crippen molar-refractivity contribution in [1.82, 2.24) is 19.6 Å². The molecule has 2 atom stereocenters. The molecule has 0 amide bonds. The van der Waals surface area contributed by atoms with Gasteiger partial charge in [-0.3, -0.25) is 4.40 Å². The van der Waals surface area contributed by atoms with Crippen LogP contribution in [0.3, 0.4) is 0 Å². The Morgan fingerprint density at radius 1 is 1.25 bits per heavy atom. The first-order chi connectivity index (χ1) is 9.45. The first kappa shape index (κ1) is 13.6. The van der Waals surface area contributed by atoms with Gasteiger partial charge in [0.05, 0.1) is 5.92 Å². The third-order valence-electron chi connectivity index (χ3n) is 3.80. The van der Waals surface area contributed by atoms with E-state index in [1.165, 1.54) is 6.33 Å². The van der Waals surface area contributed by atoms with Crippen molar-refractivity contribution in [3.05, 3.63) is 23.4 Å². The fourth-order valence-electron chi connectivity index (χ4n) is 2.79. The molecule has 0 aromatic carbocycles. The van der Waals surface area contributed by atoms with Crippen molar-refractivity contribution in [3.63, 3.8) is 0 Å². The number of rotatable bonds is 1. The molecule has 0 aliphatic heterocycles. The molecular formula is C12H12ClF3N4. The lowest BCUT2D eigenvalue weighted by Gasteiger charge is -2.29. The van der Waals surface area contributed by atoms with Crippen LogP contribution >= 0.6 is 11.6 Å². The molecule has 8 heteroatoms. The van der Waals surface area contributed by atoms with Crippen molar-refractivity contribution in [1.29, 1.82) is 0 Å². The molecule has 1 aliphatic carbocycles. The third kappa shape index (κ3) is 2.46. The molecule has 2 heterocycles. The first-order valence-corrected chi connectivity index (χ1v) is 6.76. The van der Waals surface area contributed by atoms with Crippen molar-refractivity contribution >= 4 is 17.2 Å². The zero-order valence-electron chi connectivity index (χ0n) is 10.4. The monoisotopic (exact) mass is 304 g/mol. The molecule has 108 valence electrons. The van der Waals surface area contributed by atoms with Crippen LogP contribution in [0.2, 0.25) is 5.15 Å². The van der Waals surface area contributed by atoms with Crippen LogP contribution in [-0.4, -0.2) is 25.8 Å². The average molecular weight is 305 g/mol. The van der Waals surface area contributed by atoms with Gasteiger partial charge in [-0.25, -0.2) is 4.98 Å². The normalized spacial score (nSPS) is 24.2. The maximum atomic E-state index is 12.9. The van der Waals surface area contributed by atoms with Crippen molar-refractivity contribution in [2.45, 2.75) is 37.8 Å². The van der Waals surface area contributed by atoms with Crippen LogP contribution in [0.15, 0.2) is 12.4 Å². The van der Waals surface area contributed by atoms with Crippen LogP contribution in [0.25, 0.3) is 5.65 Å². The molecule has 2 unspecified atom stereocenters. The Morgan fingerprint density at radius 3 is 2.80 bits per heavy atom. The largest absolute Gasteiger partial charge is 0.391 e. The van der Waals surface area contributed by atoms with Gasteiger partial charge in [-0.15, -0.1) is 10.2 Å². The lowest BCUT2D eigenvalue weighted by atomic mass is 9.80. The van der Waals surface area contributed by atoms with Crippen molar-refractivity contribution < 1.29 is 13.2 Å². The number of halogens is 4. The lowest BCUT2D eigenvalue weighted by Crippen LogP contribution is -2.28. The van der Waals surface area contributed by atoms with E-state index in [1.54, 1.807) is 10.5 Å². The van der Waals surface area contributed by atoms with Crippen LogP contribution in [0, 0.1) is 5.92 Å². The summed E-state index contributed by atoms with van der Waals surface area (Å²) in [4.78, 5) is 3.93. The summed E-state index contributed by atoms with van der Waals surface area (Å²) < 4.78 is 40.2. The van der Waals surface area contributed by atoms with E-state index in [-0.39, 0.29) is 23.9 Å². The highest BCUT2D eigenvalue weighted by Gasteiger charge is 2.43. The average Bonchev–Trinajstić information content (AvgIpc) is 2.80. The fourth-order valence-corrected chi connectivity index (χ4v) is 2.93. The molecule has 0 spiro atoms. The van der Waals surface area contributed by atoms with Crippen molar-refractivity contribution in [2.24, 2.45) is 5.92 Å². The number of hydrogen-bond acceptors (Lipinski definition) is 3. The summed E-state index contributed by atoms with van der Waals surface area (Å²) in [5.41, 5.74) is 0.508. The Morgan fingerprint density at radius 2 is 2.05 bits per heavy atom. The summed E-state index contributed by atoms with van der Waals surface area (Å²) in [7, 11) is 0. The second-order valence-corrected chi connectivity index (χ2v) is 5.49. The van der Waals surface area contributed by atoms with Crippen molar-refractivity contribution in [2.75, 3.05) is 0 Å². The van der Waals surface area contributed by atoms with Gasteiger partial charge in [-0.1, -0.05) is 18.0 Å². The minimum Gasteiger partial charge on any atom is -0.269 e. The summed E-state index contributed by atoms with van der Waals surface area (Å²) in [6.45, 7) is 0. The molecule has 1 saturated carbocycles. The molecule has 1 fully saturated rings. The minimum atomic E-state index is -4.14. The van der Waals surface area contributed by atoms with Gasteiger partial charge in [0.25, 0.3) is 0 Å². The van der Waals surface area contributed by atoms with E-state index < -0.39 is 12.1 Å². The first-order valence-electron chi connectivity index (χ1n) is 6.38. The Kier molecular flexibility index (Phi) is 3.32. The maximum Gasteiger partial charge on any atom is 0.391 e. The summed E-state index contributed by atoms with van der Waals surface area (Å²) in [5.74, 6) is -0.958. The summed E-state index contributed by atoms with van der Waals surface area (Å²) in [5, 5.41) is 8.26. The number of hydrogen-bond donors (Lipinski definition) is 0. The third-order valence-corrected chi connectivity index (χ3v) is 4.00. The van der Waals surface area contributed by atoms with E-state index >= 15 is 0 Å². The zero-order valence-corrected chi connectivity index (χ0v) is 11.2. The molecule has 2 aromatic rings. The SMILES string of the molecule is FC(F)(F)C1CCCC(c2nnc3cc(Cl)ncn23)C1. The fraction of sp³-hybridized carbons (Fsp3) is 0.583. The van der Waals surface area contributed by atoms with Crippen LogP contribution in [-0.2, 0) is 0 Å². The molecular weight excluding hydrogens is 293 g/mol. The van der Waals surface area contributed by atoms with Crippen molar-refractivity contribution in [3.8, 4) is 0 Å². The van der Waals surface area contributed by atoms with Gasteiger partial charge in [0, 0.05) is 12.0 Å². The second kappa shape index (κ2) is 4.87. The van der Waals surface area contributed by atoms with E-state index in [2.05, 4.69) is 15.2 Å². The molecule has 0 N–H and O–H groups in total. The molecule has 0 saturated heterocycles. The molecule has 0 bridgehead atoms. The Balaban J connectivity index is 1.91. The molecule has 0 radical (unpaired) electrons. The zero-order chi connectivity index (χ0) is 14.3. The highest BCUT2D eigenvalue weighted by Crippen LogP contribution is 2.43. The van der Waals surface area contributed by atoms with Gasteiger partial charge >= 0.3 is 6.18 Å². The van der Waals surface area contributed by atoms with Crippen LogP contribution in [0.1, 0.15) is 37.4 Å². The van der Waals surface area contributed by atoms with Gasteiger partial charge in [0.15, 0.2) is 5.65 Å². The van der Waals surface area contributed by atoms with E-state index in [0.717, 1.165) is 0 Å². The van der Waals surface area contributed by atoms with Gasteiger partial charge in [-0.05, 0) is 19.3 Å². The predicted molar refractivity (Wildman–Crippen MR) is 66.5 cm³/mol. The molecule has 2 aromatic heterocycles. The number of fused-ring (bicyclic) bond motifs is 1. The van der Waals surface area contributed by atoms with Crippen LogP contribution in [0.4, 0.5) is 13.2 Å². The number of alkyl halides is 3. The Labute approximate surface area is 118 Å². The van der Waals surface area contributed by atoms with Crippen LogP contribution < -0.4 is 0 Å². The lowest BCUT2D eigenvalue weighted by molar-refractivity contribution is -0.183. The smallest absolute Gasteiger partial charge is 0.269 e. The summed E-state index contributed by atoms with van der Waals surface area (Å²) in [6.07, 6.45) is -1.18. The molecule has 4 nitrogen and oxygen atoms in total. The Bertz CT molecular complexity index is 625. The predicted octanol–water partition coefficient (Wildman–Crippen LogP) is 3.61. The molecule has 20 heavy (non-hydrogen) atoms. The maximum absolute atomic E-state index is 12.9. The summed E-state index contributed by atoms with van der Waals surface area (Å²) in [6, 6.07) is 1.54. The van der Waals surface area contributed by atoms with E-state index in [1.807, 2.05) is 0 Å². The number of nitrogens with zero attached hydrogens (tertiary/aromatic N) is 4. The van der Waals surface area contributed by atoms with E-state index in [4.69, 9.17) is 11.6 Å². The van der Waals surface area contributed by atoms with Crippen LogP contribution in [0.5, 0.6) is 0 Å². The van der Waals surface area contributed by atoms with Gasteiger partial charge in [-0.2, -0.15) is 13.2 Å². The quantitative estimate of drug-likeness (QED) is 0.756.